The maximum Gasteiger partial charge on any atom is 0.0621 e. The highest BCUT2D eigenvalue weighted by molar-refractivity contribution is 7.99. The molecule has 5 heteroatoms. The molecule has 0 bridgehead atoms. The number of rotatable bonds is 5. The van der Waals surface area contributed by atoms with Crippen LogP contribution in [0, 0.1) is 11.3 Å². The summed E-state index contributed by atoms with van der Waals surface area (Å²) in [4.78, 5) is 1.19. The molecule has 1 aromatic carbocycles. The van der Waals surface area contributed by atoms with Gasteiger partial charge in [0.2, 0.25) is 0 Å². The Bertz CT molecular complexity index is 512. The van der Waals surface area contributed by atoms with Crippen LogP contribution in [-0.4, -0.2) is 18.8 Å². The van der Waals surface area contributed by atoms with Crippen LogP contribution >= 0.6 is 35.0 Å². The van der Waals surface area contributed by atoms with Gasteiger partial charge in [-0.2, -0.15) is 5.26 Å². The lowest BCUT2D eigenvalue weighted by Crippen LogP contribution is -2.16. The van der Waals surface area contributed by atoms with Gasteiger partial charge < -0.3 is 5.32 Å². The smallest absolute Gasteiger partial charge is 0.0621 e. The predicted octanol–water partition coefficient (Wildman–Crippen LogP) is 4.47. The number of benzene rings is 1. The second-order valence-corrected chi connectivity index (χ2v) is 6.76. The van der Waals surface area contributed by atoms with Gasteiger partial charge in [-0.05, 0) is 61.7 Å². The molecule has 0 saturated heterocycles. The van der Waals surface area contributed by atoms with Crippen LogP contribution in [0.25, 0.3) is 0 Å². The first-order valence-corrected chi connectivity index (χ1v) is 8.68. The van der Waals surface area contributed by atoms with Crippen LogP contribution in [0.4, 0.5) is 0 Å². The standard InChI is InChI=1S/C15H18Cl2N2S/c16-13-10-14(17)15(20-9-3-1-2-6-18)12-5-8-19-7-4-11(12)13/h10,19H,1-5,7-9H2. The number of thioether (sulfide) groups is 1. The average molecular weight is 329 g/mol. The minimum atomic E-state index is 0.636. The van der Waals surface area contributed by atoms with Gasteiger partial charge in [0.1, 0.15) is 0 Å². The number of unbranched alkanes of at least 4 members (excludes halogenated alkanes) is 2. The summed E-state index contributed by atoms with van der Waals surface area (Å²) in [6.45, 7) is 1.95. The molecule has 1 aliphatic rings. The molecular weight excluding hydrogens is 311 g/mol. The summed E-state index contributed by atoms with van der Waals surface area (Å²) in [6.07, 6.45) is 4.59. The third kappa shape index (κ3) is 4.05. The molecule has 0 atom stereocenters. The number of nitrogens with zero attached hydrogens (tertiary/aromatic N) is 1. The Morgan fingerprint density at radius 1 is 1.15 bits per heavy atom. The highest BCUT2D eigenvalue weighted by atomic mass is 35.5. The highest BCUT2D eigenvalue weighted by Gasteiger charge is 2.18. The molecule has 0 spiro atoms. The summed E-state index contributed by atoms with van der Waals surface area (Å²) < 4.78 is 0. The van der Waals surface area contributed by atoms with Crippen LogP contribution in [0.5, 0.6) is 0 Å². The van der Waals surface area contributed by atoms with Crippen molar-refractivity contribution in [3.8, 4) is 6.07 Å². The molecule has 0 radical (unpaired) electrons. The summed E-state index contributed by atoms with van der Waals surface area (Å²) >= 11 is 14.5. The van der Waals surface area contributed by atoms with E-state index in [1.165, 1.54) is 16.0 Å². The van der Waals surface area contributed by atoms with E-state index in [2.05, 4.69) is 11.4 Å². The molecule has 1 N–H and O–H groups in total. The Kier molecular flexibility index (Phi) is 6.51. The van der Waals surface area contributed by atoms with Crippen molar-refractivity contribution >= 4 is 35.0 Å². The SMILES string of the molecule is N#CCCCCSc1c(Cl)cc(Cl)c2c1CCNCC2. The van der Waals surface area contributed by atoms with Crippen LogP contribution in [0.1, 0.15) is 30.4 Å². The Balaban J connectivity index is 2.13. The first-order chi connectivity index (χ1) is 9.74. The number of fused-ring (bicyclic) bond motifs is 1. The van der Waals surface area contributed by atoms with E-state index in [0.29, 0.717) is 6.42 Å². The number of nitrogens with one attached hydrogen (secondary N) is 1. The van der Waals surface area contributed by atoms with E-state index in [4.69, 9.17) is 28.5 Å². The van der Waals surface area contributed by atoms with Crippen molar-refractivity contribution in [1.82, 2.24) is 5.32 Å². The van der Waals surface area contributed by atoms with Gasteiger partial charge in [-0.3, -0.25) is 0 Å². The fraction of sp³-hybridized carbons (Fsp3) is 0.533. The monoisotopic (exact) mass is 328 g/mol. The van der Waals surface area contributed by atoms with Crippen LogP contribution in [0.15, 0.2) is 11.0 Å². The van der Waals surface area contributed by atoms with Crippen LogP contribution in [0.2, 0.25) is 10.0 Å². The topological polar surface area (TPSA) is 35.8 Å². The second kappa shape index (κ2) is 8.14. The summed E-state index contributed by atoms with van der Waals surface area (Å²) in [6, 6.07) is 4.06. The molecular formula is C15H18Cl2N2S. The molecule has 20 heavy (non-hydrogen) atoms. The Hall–Kier alpha value is -0.400. The van der Waals surface area contributed by atoms with Crippen molar-refractivity contribution in [2.75, 3.05) is 18.8 Å². The number of hydrogen-bond acceptors (Lipinski definition) is 3. The Morgan fingerprint density at radius 2 is 1.90 bits per heavy atom. The quantitative estimate of drug-likeness (QED) is 0.640. The van der Waals surface area contributed by atoms with Gasteiger partial charge in [0.05, 0.1) is 11.1 Å². The van der Waals surface area contributed by atoms with Gasteiger partial charge in [0.25, 0.3) is 0 Å². The second-order valence-electron chi connectivity index (χ2n) is 4.84. The number of hydrogen-bond donors (Lipinski definition) is 1. The van der Waals surface area contributed by atoms with E-state index in [0.717, 1.165) is 54.6 Å². The zero-order valence-electron chi connectivity index (χ0n) is 11.3. The number of halogens is 2. The van der Waals surface area contributed by atoms with Crippen LogP contribution in [0.3, 0.4) is 0 Å². The molecule has 0 aliphatic carbocycles. The van der Waals surface area contributed by atoms with Crippen molar-refractivity contribution in [1.29, 1.82) is 5.26 Å². The molecule has 1 aliphatic heterocycles. The van der Waals surface area contributed by atoms with Gasteiger partial charge in [-0.25, -0.2) is 0 Å². The lowest BCUT2D eigenvalue weighted by atomic mass is 10.0. The van der Waals surface area contributed by atoms with Crippen molar-refractivity contribution in [3.05, 3.63) is 27.2 Å². The molecule has 0 amide bonds. The third-order valence-corrected chi connectivity index (χ3v) is 5.43. The van der Waals surface area contributed by atoms with E-state index < -0.39 is 0 Å². The minimum Gasteiger partial charge on any atom is -0.316 e. The van der Waals surface area contributed by atoms with Crippen molar-refractivity contribution in [2.45, 2.75) is 37.0 Å². The van der Waals surface area contributed by atoms with Crippen molar-refractivity contribution in [2.24, 2.45) is 0 Å². The largest absolute Gasteiger partial charge is 0.316 e. The lowest BCUT2D eigenvalue weighted by Gasteiger charge is -2.15. The van der Waals surface area contributed by atoms with Gasteiger partial charge in [0, 0.05) is 16.3 Å². The zero-order valence-corrected chi connectivity index (χ0v) is 13.7. The van der Waals surface area contributed by atoms with Crippen molar-refractivity contribution < 1.29 is 0 Å². The molecule has 2 nitrogen and oxygen atoms in total. The molecule has 0 fully saturated rings. The Morgan fingerprint density at radius 3 is 2.65 bits per heavy atom. The molecule has 1 heterocycles. The normalized spacial score (nSPS) is 14.4. The molecule has 2 rings (SSSR count). The fourth-order valence-electron chi connectivity index (χ4n) is 2.41. The summed E-state index contributed by atoms with van der Waals surface area (Å²) in [5, 5.41) is 13.5. The van der Waals surface area contributed by atoms with Crippen LogP contribution < -0.4 is 5.32 Å². The van der Waals surface area contributed by atoms with E-state index in [-0.39, 0.29) is 0 Å². The molecule has 0 aromatic heterocycles. The number of nitriles is 1. The molecule has 0 unspecified atom stereocenters. The Labute approximate surface area is 134 Å². The van der Waals surface area contributed by atoms with Gasteiger partial charge in [0.15, 0.2) is 0 Å². The first kappa shape index (κ1) is 16.0. The summed E-state index contributed by atoms with van der Waals surface area (Å²) in [7, 11) is 0. The fourth-order valence-corrected chi connectivity index (χ4v) is 4.32. The highest BCUT2D eigenvalue weighted by Crippen LogP contribution is 2.38. The third-order valence-electron chi connectivity index (χ3n) is 3.43. The molecule has 1 aromatic rings. The summed E-state index contributed by atoms with van der Waals surface area (Å²) in [5.74, 6) is 1.00. The van der Waals surface area contributed by atoms with Gasteiger partial charge >= 0.3 is 0 Å². The predicted molar refractivity (Wildman–Crippen MR) is 86.9 cm³/mol. The first-order valence-electron chi connectivity index (χ1n) is 6.94. The van der Waals surface area contributed by atoms with E-state index >= 15 is 0 Å². The molecule has 0 saturated carbocycles. The van der Waals surface area contributed by atoms with E-state index in [1.807, 2.05) is 6.07 Å². The van der Waals surface area contributed by atoms with E-state index in [1.54, 1.807) is 11.8 Å². The average Bonchev–Trinajstić information content (AvgIpc) is 2.67. The summed E-state index contributed by atoms with van der Waals surface area (Å²) in [5.41, 5.74) is 2.57. The maximum absolute atomic E-state index is 8.55. The lowest BCUT2D eigenvalue weighted by molar-refractivity contribution is 0.709. The van der Waals surface area contributed by atoms with E-state index in [9.17, 15) is 0 Å². The van der Waals surface area contributed by atoms with Crippen molar-refractivity contribution in [3.63, 3.8) is 0 Å². The maximum atomic E-state index is 8.55. The minimum absolute atomic E-state index is 0.636. The van der Waals surface area contributed by atoms with Gasteiger partial charge in [-0.15, -0.1) is 11.8 Å². The molecule has 108 valence electrons. The van der Waals surface area contributed by atoms with Gasteiger partial charge in [-0.1, -0.05) is 23.2 Å². The zero-order chi connectivity index (χ0) is 14.4. The van der Waals surface area contributed by atoms with Crippen LogP contribution in [-0.2, 0) is 12.8 Å².